The van der Waals surface area contributed by atoms with Gasteiger partial charge >= 0.3 is 96.5 Å². The molecule has 0 radical (unpaired) electrons. The van der Waals surface area contributed by atoms with Crippen molar-refractivity contribution in [3.63, 3.8) is 0 Å². The van der Waals surface area contributed by atoms with Gasteiger partial charge in [-0.1, -0.05) is 38.4 Å². The predicted octanol–water partition coefficient (Wildman–Crippen LogP) is -8.56. The van der Waals surface area contributed by atoms with Crippen molar-refractivity contribution in [2.45, 2.75) is 12.5 Å². The van der Waals surface area contributed by atoms with E-state index in [2.05, 4.69) is 9.52 Å². The van der Waals surface area contributed by atoms with Crippen LogP contribution >= 0.6 is 15.9 Å². The van der Waals surface area contributed by atoms with E-state index in [9.17, 15) is 24.4 Å². The monoisotopic (exact) mass is 688 g/mol. The molecule has 3 aromatic rings. The summed E-state index contributed by atoms with van der Waals surface area (Å²) in [5, 5.41) is 14.9. The van der Waals surface area contributed by atoms with Crippen LogP contribution in [-0.2, 0) is 11.0 Å². The van der Waals surface area contributed by atoms with Crippen LogP contribution in [0.4, 0.5) is 5.69 Å². The summed E-state index contributed by atoms with van der Waals surface area (Å²) in [7, 11) is -7.28. The molecule has 1 atom stereocenters. The van der Waals surface area contributed by atoms with E-state index in [-0.39, 0.29) is 119 Å². The maximum atomic E-state index is 13.1. The van der Waals surface area contributed by atoms with Gasteiger partial charge in [-0.25, -0.2) is 9.65 Å². The van der Waals surface area contributed by atoms with Crippen LogP contribution in [0.2, 0.25) is 0 Å². The minimum absolute atomic E-state index is 0. The molecular formula is C26H25N2Na3O12P2. The quantitative estimate of drug-likeness (QED) is 0.0530. The van der Waals surface area contributed by atoms with Gasteiger partial charge in [0.05, 0.1) is 20.3 Å². The molecule has 45 heavy (non-hydrogen) atoms. The summed E-state index contributed by atoms with van der Waals surface area (Å²) in [6, 6.07) is 11.9. The summed E-state index contributed by atoms with van der Waals surface area (Å²) in [4.78, 5) is 56.4. The topological polar surface area (TPSA) is 220 Å². The summed E-state index contributed by atoms with van der Waals surface area (Å²) in [6.07, 6.45) is 3.22. The molecule has 0 fully saturated rings. The average Bonchev–Trinajstić information content (AvgIpc) is 3.39. The molecule has 0 saturated heterocycles. The minimum Gasteiger partial charge on any atom is -0.860 e. The number of nitrogens with zero attached hydrogens (tertiary/aromatic N) is 1. The summed E-state index contributed by atoms with van der Waals surface area (Å²) in [5.74, 6) is 0.624. The van der Waals surface area contributed by atoms with Crippen LogP contribution in [0, 0.1) is 0 Å². The molecule has 1 aliphatic rings. The number of nitrogens with one attached hydrogen (secondary N) is 1. The van der Waals surface area contributed by atoms with Crippen LogP contribution in [0.1, 0.15) is 16.7 Å². The number of methoxy groups -OCH3 is 2. The number of phosphoric ester groups is 1. The molecule has 0 aromatic heterocycles. The molecule has 3 aromatic carbocycles. The van der Waals surface area contributed by atoms with E-state index in [1.54, 1.807) is 41.5 Å². The van der Waals surface area contributed by atoms with Gasteiger partial charge in [0.25, 0.3) is 0 Å². The molecule has 0 spiro atoms. The van der Waals surface area contributed by atoms with Crippen molar-refractivity contribution in [1.29, 1.82) is 0 Å². The molecular weight excluding hydrogens is 663 g/mol. The standard InChI is InChI=1S/C26H28N2O12P2.3Na/c1-36-22-10-7-16(3-4-18-13-23(37-2)25-24(14-18)38-15-39-25)11-20(22)27-26(29)21(28-41(30,31)32)12-17-5-8-19(9-6-17)40-42(33,34)35;;;/h3-11,13-14,21H,12,15H2,1-2H3,(H,27,29)(H2,33,34,35)(H3,28,30,31,32);;;/q;3*+1/p-3/b4-3-;;;/t21-;;;/m0.../s1. The van der Waals surface area contributed by atoms with E-state index in [4.69, 9.17) is 28.7 Å². The molecule has 14 nitrogen and oxygen atoms in total. The number of benzene rings is 3. The van der Waals surface area contributed by atoms with E-state index in [1.807, 2.05) is 0 Å². The average molecular weight is 688 g/mol. The first kappa shape index (κ1) is 42.3. The molecule has 1 aliphatic heterocycles. The third kappa shape index (κ3) is 13.0. The van der Waals surface area contributed by atoms with Gasteiger partial charge in [-0.05, 0) is 65.4 Å². The Labute approximate surface area is 326 Å². The maximum absolute atomic E-state index is 13.1. The Kier molecular flexibility index (Phi) is 17.6. The van der Waals surface area contributed by atoms with E-state index < -0.39 is 27.9 Å². The van der Waals surface area contributed by atoms with E-state index in [1.165, 1.54) is 44.6 Å². The van der Waals surface area contributed by atoms with Gasteiger partial charge in [-0.2, -0.15) is 0 Å². The molecule has 0 bridgehead atoms. The largest absolute Gasteiger partial charge is 1.00 e. The van der Waals surface area contributed by atoms with Crippen molar-refractivity contribution in [1.82, 2.24) is 5.09 Å². The zero-order chi connectivity index (χ0) is 30.5. The Morgan fingerprint density at radius 2 is 1.62 bits per heavy atom. The molecule has 0 unspecified atom stereocenters. The number of rotatable bonds is 12. The molecule has 0 aliphatic carbocycles. The Balaban J connectivity index is 0.00000337. The SMILES string of the molecule is COc1ccc(/C=C\c2cc(OC)c3c(c2)OCO3)cc1N=C([O-])[C@H](Cc1ccc(OP(=O)(O)O)cc1)N[P+]([O-])([O-])[O-].[Na+].[Na+].[Na+]. The molecule has 1 heterocycles. The van der Waals surface area contributed by atoms with Gasteiger partial charge in [0.15, 0.2) is 11.5 Å². The Bertz CT molecular complexity index is 1530. The first-order valence-corrected chi connectivity index (χ1v) is 15.1. The minimum atomic E-state index is -5.37. The molecule has 19 heteroatoms. The van der Waals surface area contributed by atoms with Crippen LogP contribution in [0.3, 0.4) is 0 Å². The van der Waals surface area contributed by atoms with Crippen molar-refractivity contribution in [2.75, 3.05) is 21.0 Å². The van der Waals surface area contributed by atoms with Gasteiger partial charge in [0.2, 0.25) is 12.5 Å². The van der Waals surface area contributed by atoms with Crippen LogP contribution in [0.5, 0.6) is 28.7 Å². The third-order valence-electron chi connectivity index (χ3n) is 5.78. The number of aliphatic imine (C=N–C) groups is 1. The third-order valence-corrected chi connectivity index (χ3v) is 6.86. The van der Waals surface area contributed by atoms with Gasteiger partial charge in [-0.15, -0.1) is 0 Å². The smallest absolute Gasteiger partial charge is 0.860 e. The van der Waals surface area contributed by atoms with Crippen LogP contribution in [0.15, 0.2) is 59.6 Å². The molecule has 0 amide bonds. The number of phosphoric acid groups is 1. The fraction of sp³-hybridized carbons (Fsp3) is 0.192. The van der Waals surface area contributed by atoms with Crippen molar-refractivity contribution in [3.05, 3.63) is 71.3 Å². The number of fused-ring (bicyclic) bond motifs is 1. The zero-order valence-corrected chi connectivity index (χ0v) is 32.9. The number of hydrogen-bond acceptors (Lipinski definition) is 12. The van der Waals surface area contributed by atoms with Gasteiger partial charge in [0, 0.05) is 0 Å². The Morgan fingerprint density at radius 3 is 2.22 bits per heavy atom. The second-order valence-electron chi connectivity index (χ2n) is 8.78. The van der Waals surface area contributed by atoms with Crippen molar-refractivity contribution >= 4 is 39.7 Å². The predicted molar refractivity (Wildman–Crippen MR) is 145 cm³/mol. The summed E-state index contributed by atoms with van der Waals surface area (Å²) >= 11 is 0. The van der Waals surface area contributed by atoms with Gasteiger partial charge in [-0.3, -0.25) is 14.8 Å². The van der Waals surface area contributed by atoms with Gasteiger partial charge < -0.3 is 43.3 Å². The molecule has 224 valence electrons. The van der Waals surface area contributed by atoms with Crippen molar-refractivity contribution in [3.8, 4) is 28.7 Å². The molecule has 0 saturated carbocycles. The first-order valence-electron chi connectivity index (χ1n) is 12.1. The molecule has 4 rings (SSSR count). The Hall–Kier alpha value is -0.710. The van der Waals surface area contributed by atoms with E-state index >= 15 is 0 Å². The van der Waals surface area contributed by atoms with Crippen LogP contribution in [0.25, 0.3) is 12.2 Å². The van der Waals surface area contributed by atoms with Crippen LogP contribution < -0.4 is 137 Å². The Morgan fingerprint density at radius 1 is 0.978 bits per heavy atom. The van der Waals surface area contributed by atoms with Crippen LogP contribution in [-0.4, -0.2) is 42.7 Å². The van der Waals surface area contributed by atoms with Crippen molar-refractivity contribution < 1.29 is 146 Å². The summed E-state index contributed by atoms with van der Waals surface area (Å²) < 4.78 is 37.0. The fourth-order valence-electron chi connectivity index (χ4n) is 3.97. The second kappa shape index (κ2) is 18.7. The normalized spacial score (nSPS) is 13.3. The number of hydrogen-bond donors (Lipinski definition) is 3. The maximum Gasteiger partial charge on any atom is 1.00 e. The molecule has 3 N–H and O–H groups in total. The summed E-state index contributed by atoms with van der Waals surface area (Å²) in [5.41, 5.74) is 1.79. The number of ether oxygens (including phenoxy) is 4. The first-order chi connectivity index (χ1) is 19.8. The second-order valence-corrected chi connectivity index (χ2v) is 11.2. The van der Waals surface area contributed by atoms with E-state index in [0.29, 0.717) is 28.4 Å². The van der Waals surface area contributed by atoms with E-state index in [0.717, 1.165) is 5.56 Å². The summed E-state index contributed by atoms with van der Waals surface area (Å²) in [6.45, 7) is 0.0799. The van der Waals surface area contributed by atoms with Gasteiger partial charge in [0.1, 0.15) is 17.2 Å². The zero-order valence-electron chi connectivity index (χ0n) is 25.2. The fourth-order valence-corrected chi connectivity index (χ4v) is 4.95. The van der Waals surface area contributed by atoms with Crippen molar-refractivity contribution in [2.24, 2.45) is 4.99 Å².